The van der Waals surface area contributed by atoms with Crippen molar-refractivity contribution in [2.24, 2.45) is 5.92 Å². The number of methoxy groups -OCH3 is 3. The highest BCUT2D eigenvalue weighted by atomic mass is 32.2. The average Bonchev–Trinajstić information content (AvgIpc) is 3.14. The van der Waals surface area contributed by atoms with Gasteiger partial charge in [-0.1, -0.05) is 18.2 Å². The zero-order valence-corrected chi connectivity index (χ0v) is 20.5. The Bertz CT molecular complexity index is 1160. The van der Waals surface area contributed by atoms with Gasteiger partial charge in [-0.15, -0.1) is 0 Å². The van der Waals surface area contributed by atoms with E-state index in [1.54, 1.807) is 18.2 Å². The van der Waals surface area contributed by atoms with Crippen molar-refractivity contribution in [2.75, 3.05) is 41.0 Å². The van der Waals surface area contributed by atoms with Gasteiger partial charge in [-0.05, 0) is 53.6 Å². The number of carbonyl (C=O) groups excluding carboxylic acids is 3. The Morgan fingerprint density at radius 1 is 1.14 bits per heavy atom. The highest BCUT2D eigenvalue weighted by Gasteiger charge is 2.35. The zero-order chi connectivity index (χ0) is 24.9. The Kier molecular flexibility index (Phi) is 7.50. The van der Waals surface area contributed by atoms with Gasteiger partial charge in [0.1, 0.15) is 12.4 Å². The lowest BCUT2D eigenvalue weighted by Crippen LogP contribution is -2.42. The zero-order valence-electron chi connectivity index (χ0n) is 19.7. The second kappa shape index (κ2) is 10.7. The molecule has 1 N–H and O–H groups in total. The van der Waals surface area contributed by atoms with Crippen LogP contribution >= 0.6 is 11.8 Å². The topological polar surface area (TPSA) is 103 Å². The lowest BCUT2D eigenvalue weighted by Gasteiger charge is -2.24. The van der Waals surface area contributed by atoms with Gasteiger partial charge in [0, 0.05) is 13.1 Å². The number of fused-ring (bicyclic) bond motifs is 1. The Morgan fingerprint density at radius 3 is 2.54 bits per heavy atom. The summed E-state index contributed by atoms with van der Waals surface area (Å²) in [7, 11) is 4.51. The van der Waals surface area contributed by atoms with Crippen LogP contribution in [0.25, 0.3) is 6.08 Å². The van der Waals surface area contributed by atoms with Crippen molar-refractivity contribution in [2.45, 2.75) is 6.42 Å². The van der Waals surface area contributed by atoms with E-state index in [-0.39, 0.29) is 29.8 Å². The molecule has 0 spiro atoms. The number of rotatable bonds is 8. The molecule has 0 aliphatic carbocycles. The molecule has 1 saturated heterocycles. The fourth-order valence-electron chi connectivity index (χ4n) is 3.96. The number of para-hydroxylation sites is 1. The Balaban J connectivity index is 1.37. The molecule has 35 heavy (non-hydrogen) atoms. The molecule has 1 atom stereocenters. The summed E-state index contributed by atoms with van der Waals surface area (Å²) in [5.41, 5.74) is 1.61. The first kappa shape index (κ1) is 24.5. The molecule has 9 nitrogen and oxygen atoms in total. The van der Waals surface area contributed by atoms with E-state index in [9.17, 15) is 14.4 Å². The number of nitrogens with zero attached hydrogens (tertiary/aromatic N) is 1. The number of benzene rings is 2. The monoisotopic (exact) mass is 498 g/mol. The molecule has 10 heteroatoms. The van der Waals surface area contributed by atoms with E-state index in [2.05, 4.69) is 5.32 Å². The molecule has 3 amide bonds. The minimum absolute atomic E-state index is 0.0766. The predicted octanol–water partition coefficient (Wildman–Crippen LogP) is 3.12. The van der Waals surface area contributed by atoms with Crippen molar-refractivity contribution in [3.05, 3.63) is 52.4 Å². The van der Waals surface area contributed by atoms with E-state index in [1.165, 1.54) is 21.3 Å². The van der Waals surface area contributed by atoms with Gasteiger partial charge in [0.15, 0.2) is 11.5 Å². The maximum absolute atomic E-state index is 12.9. The fourth-order valence-corrected chi connectivity index (χ4v) is 4.83. The second-order valence-corrected chi connectivity index (χ2v) is 8.90. The van der Waals surface area contributed by atoms with E-state index in [0.29, 0.717) is 35.8 Å². The Morgan fingerprint density at radius 2 is 1.86 bits per heavy atom. The molecule has 4 rings (SSSR count). The summed E-state index contributed by atoms with van der Waals surface area (Å²) in [6.07, 6.45) is 2.19. The van der Waals surface area contributed by atoms with E-state index < -0.39 is 11.1 Å². The van der Waals surface area contributed by atoms with E-state index in [1.807, 2.05) is 24.3 Å². The third-order valence-electron chi connectivity index (χ3n) is 5.74. The normalized spacial score (nSPS) is 18.2. The average molecular weight is 499 g/mol. The van der Waals surface area contributed by atoms with Crippen molar-refractivity contribution in [1.29, 1.82) is 0 Å². The molecular formula is C25H26N2O7S. The van der Waals surface area contributed by atoms with E-state index in [0.717, 1.165) is 28.0 Å². The second-order valence-electron chi connectivity index (χ2n) is 7.90. The lowest BCUT2D eigenvalue weighted by molar-refractivity contribution is -0.127. The number of carbonyl (C=O) groups is 3. The standard InChI is InChI=1S/C25H26N2O7S/c1-31-19-10-15(11-20(32-2)22(19)33-3)12-21-24(29)27(25(30)35-21)9-8-26-23(28)17-13-16-6-4-5-7-18(16)34-14-17/h4-7,10-12,17H,8-9,13-14H2,1-3H3,(H,26,28). The first-order chi connectivity index (χ1) is 16.9. The maximum Gasteiger partial charge on any atom is 0.293 e. The van der Waals surface area contributed by atoms with Crippen LogP contribution in [0.5, 0.6) is 23.0 Å². The number of hydrogen-bond donors (Lipinski definition) is 1. The molecule has 0 aromatic heterocycles. The lowest BCUT2D eigenvalue weighted by atomic mass is 9.96. The van der Waals surface area contributed by atoms with Crippen molar-refractivity contribution in [3.63, 3.8) is 0 Å². The number of amides is 3. The van der Waals surface area contributed by atoms with Crippen LogP contribution in [0.4, 0.5) is 4.79 Å². The fraction of sp³-hybridized carbons (Fsp3) is 0.320. The summed E-state index contributed by atoms with van der Waals surface area (Å²) in [6, 6.07) is 11.0. The number of thioether (sulfide) groups is 1. The van der Waals surface area contributed by atoms with Crippen LogP contribution in [-0.4, -0.2) is 63.0 Å². The van der Waals surface area contributed by atoms with Crippen LogP contribution < -0.4 is 24.3 Å². The smallest absolute Gasteiger partial charge is 0.293 e. The number of nitrogens with one attached hydrogen (secondary N) is 1. The highest BCUT2D eigenvalue weighted by Crippen LogP contribution is 2.40. The SMILES string of the molecule is COc1cc(C=C2SC(=O)N(CCNC(=O)C3COc4ccccc4C3)C2=O)cc(OC)c1OC. The van der Waals surface area contributed by atoms with Crippen LogP contribution in [0.1, 0.15) is 11.1 Å². The molecule has 0 radical (unpaired) electrons. The highest BCUT2D eigenvalue weighted by molar-refractivity contribution is 8.18. The van der Waals surface area contributed by atoms with Crippen LogP contribution in [-0.2, 0) is 16.0 Å². The summed E-state index contributed by atoms with van der Waals surface area (Å²) in [4.78, 5) is 39.3. The number of imide groups is 1. The minimum atomic E-state index is -0.419. The van der Waals surface area contributed by atoms with Gasteiger partial charge in [-0.3, -0.25) is 19.3 Å². The summed E-state index contributed by atoms with van der Waals surface area (Å²) < 4.78 is 21.7. The predicted molar refractivity (Wildman–Crippen MR) is 131 cm³/mol. The quantitative estimate of drug-likeness (QED) is 0.554. The van der Waals surface area contributed by atoms with E-state index in [4.69, 9.17) is 18.9 Å². The molecule has 0 bridgehead atoms. The molecule has 2 aliphatic rings. The van der Waals surface area contributed by atoms with Gasteiger partial charge in [0.2, 0.25) is 11.7 Å². The van der Waals surface area contributed by atoms with Gasteiger partial charge in [0.05, 0.1) is 32.2 Å². The summed E-state index contributed by atoms with van der Waals surface area (Å²) in [5, 5.41) is 2.43. The summed E-state index contributed by atoms with van der Waals surface area (Å²) in [6.45, 7) is 0.529. The molecule has 2 heterocycles. The molecule has 2 aromatic carbocycles. The van der Waals surface area contributed by atoms with Crippen molar-refractivity contribution in [3.8, 4) is 23.0 Å². The van der Waals surface area contributed by atoms with E-state index >= 15 is 0 Å². The molecule has 184 valence electrons. The summed E-state index contributed by atoms with van der Waals surface area (Å²) >= 11 is 0.846. The number of ether oxygens (including phenoxy) is 4. The van der Waals surface area contributed by atoms with Gasteiger partial charge < -0.3 is 24.3 Å². The van der Waals surface area contributed by atoms with Crippen LogP contribution in [0.3, 0.4) is 0 Å². The van der Waals surface area contributed by atoms with Gasteiger partial charge in [0.25, 0.3) is 11.1 Å². The van der Waals surface area contributed by atoms with Crippen LogP contribution in [0.2, 0.25) is 0 Å². The first-order valence-corrected chi connectivity index (χ1v) is 11.8. The van der Waals surface area contributed by atoms with Crippen LogP contribution in [0, 0.1) is 5.92 Å². The minimum Gasteiger partial charge on any atom is -0.493 e. The van der Waals surface area contributed by atoms with Gasteiger partial charge >= 0.3 is 0 Å². The molecule has 1 unspecified atom stereocenters. The molecule has 2 aliphatic heterocycles. The van der Waals surface area contributed by atoms with Gasteiger partial charge in [-0.2, -0.15) is 0 Å². The van der Waals surface area contributed by atoms with Crippen molar-refractivity contribution in [1.82, 2.24) is 10.2 Å². The van der Waals surface area contributed by atoms with Crippen molar-refractivity contribution >= 4 is 34.9 Å². The van der Waals surface area contributed by atoms with Gasteiger partial charge in [-0.25, -0.2) is 0 Å². The summed E-state index contributed by atoms with van der Waals surface area (Å²) in [5.74, 6) is 1.21. The molecule has 2 aromatic rings. The first-order valence-electron chi connectivity index (χ1n) is 11.0. The third-order valence-corrected chi connectivity index (χ3v) is 6.65. The van der Waals surface area contributed by atoms with Crippen molar-refractivity contribution < 1.29 is 33.3 Å². The van der Waals surface area contributed by atoms with Crippen LogP contribution in [0.15, 0.2) is 41.3 Å². The molecule has 0 saturated carbocycles. The largest absolute Gasteiger partial charge is 0.493 e. The molecule has 1 fully saturated rings. The number of hydrogen-bond acceptors (Lipinski definition) is 8. The Labute approximate surface area is 207 Å². The molecular weight excluding hydrogens is 472 g/mol. The maximum atomic E-state index is 12.9. The third kappa shape index (κ3) is 5.22. The Hall–Kier alpha value is -3.66.